The molecule has 3 nitrogen and oxygen atoms in total. The molecule has 1 fully saturated rings. The molecule has 1 aromatic rings. The van der Waals surface area contributed by atoms with Crippen LogP contribution in [0.1, 0.15) is 26.7 Å². The summed E-state index contributed by atoms with van der Waals surface area (Å²) in [5, 5.41) is 4.90. The van der Waals surface area contributed by atoms with Crippen molar-refractivity contribution in [3.05, 3.63) is 24.3 Å². The van der Waals surface area contributed by atoms with Crippen LogP contribution in [0.15, 0.2) is 24.3 Å². The minimum absolute atomic E-state index is 0.0293. The highest BCUT2D eigenvalue weighted by atomic mass is 31.1. The summed E-state index contributed by atoms with van der Waals surface area (Å²) < 4.78 is 11.6. The summed E-state index contributed by atoms with van der Waals surface area (Å²) in [7, 11) is -0.416. The van der Waals surface area contributed by atoms with Crippen molar-refractivity contribution >= 4 is 18.9 Å². The Bertz CT molecular complexity index is 380. The Balaban J connectivity index is 2.16. The van der Waals surface area contributed by atoms with Crippen molar-refractivity contribution in [2.75, 3.05) is 31.2 Å². The van der Waals surface area contributed by atoms with Gasteiger partial charge >= 0.3 is 0 Å². The van der Waals surface area contributed by atoms with Gasteiger partial charge in [0.25, 0.3) is 0 Å². The van der Waals surface area contributed by atoms with Gasteiger partial charge < -0.3 is 14.8 Å². The molecular formula is C15H24NO2P. The molecule has 2 rings (SSSR count). The fourth-order valence-electron chi connectivity index (χ4n) is 2.22. The number of benzene rings is 1. The van der Waals surface area contributed by atoms with E-state index >= 15 is 0 Å². The number of hydrogen-bond donors (Lipinski definition) is 1. The lowest BCUT2D eigenvalue weighted by Gasteiger charge is -2.31. The quantitative estimate of drug-likeness (QED) is 0.811. The average molecular weight is 281 g/mol. The SMILES string of the molecule is CCCNc1ccccc1P(CC)C1OCCCO1. The lowest BCUT2D eigenvalue weighted by molar-refractivity contribution is -0.126. The van der Waals surface area contributed by atoms with E-state index in [2.05, 4.69) is 43.4 Å². The number of ether oxygens (including phenoxy) is 2. The molecule has 1 atom stereocenters. The zero-order chi connectivity index (χ0) is 13.5. The van der Waals surface area contributed by atoms with Crippen molar-refractivity contribution in [3.63, 3.8) is 0 Å². The second-order valence-electron chi connectivity index (χ2n) is 4.63. The molecule has 0 aliphatic carbocycles. The molecule has 1 aromatic carbocycles. The molecular weight excluding hydrogens is 257 g/mol. The van der Waals surface area contributed by atoms with E-state index in [0.717, 1.165) is 38.8 Å². The van der Waals surface area contributed by atoms with Crippen LogP contribution in [0, 0.1) is 0 Å². The zero-order valence-corrected chi connectivity index (χ0v) is 12.8. The van der Waals surface area contributed by atoms with Gasteiger partial charge in [0.05, 0.1) is 13.2 Å². The number of nitrogens with one attached hydrogen (secondary N) is 1. The predicted octanol–water partition coefficient (Wildman–Crippen LogP) is 3.36. The molecule has 1 unspecified atom stereocenters. The molecule has 4 heteroatoms. The summed E-state index contributed by atoms with van der Waals surface area (Å²) in [4.78, 5) is 0. The second kappa shape index (κ2) is 7.84. The Morgan fingerprint density at radius 1 is 1.21 bits per heavy atom. The molecule has 19 heavy (non-hydrogen) atoms. The molecule has 0 aromatic heterocycles. The summed E-state index contributed by atoms with van der Waals surface area (Å²) >= 11 is 0. The van der Waals surface area contributed by atoms with E-state index in [1.54, 1.807) is 0 Å². The van der Waals surface area contributed by atoms with Gasteiger partial charge in [-0.05, 0) is 33.0 Å². The summed E-state index contributed by atoms with van der Waals surface area (Å²) in [6, 6.07) is 8.55. The van der Waals surface area contributed by atoms with Gasteiger partial charge in [-0.3, -0.25) is 0 Å². The van der Waals surface area contributed by atoms with E-state index in [4.69, 9.17) is 9.47 Å². The maximum atomic E-state index is 5.82. The van der Waals surface area contributed by atoms with Gasteiger partial charge in [-0.15, -0.1) is 0 Å². The van der Waals surface area contributed by atoms with Gasteiger partial charge in [-0.2, -0.15) is 0 Å². The predicted molar refractivity (Wildman–Crippen MR) is 82.6 cm³/mol. The fourth-order valence-corrected chi connectivity index (χ4v) is 4.40. The maximum Gasteiger partial charge on any atom is 0.180 e. The molecule has 0 bridgehead atoms. The minimum atomic E-state index is -0.416. The normalized spacial score (nSPS) is 18.2. The highest BCUT2D eigenvalue weighted by Gasteiger charge is 2.26. The lowest BCUT2D eigenvalue weighted by atomic mass is 10.3. The Kier molecular flexibility index (Phi) is 6.09. The highest BCUT2D eigenvalue weighted by molar-refractivity contribution is 7.66. The standard InChI is InChI=1S/C15H24NO2P/c1-3-10-16-13-8-5-6-9-14(13)19(4-2)15-17-11-7-12-18-15/h5-6,8-9,15-16H,3-4,7,10-12H2,1-2H3. The molecule has 0 radical (unpaired) electrons. The van der Waals surface area contributed by atoms with Crippen LogP contribution in [-0.4, -0.2) is 32.0 Å². The van der Waals surface area contributed by atoms with E-state index in [1.807, 2.05) is 0 Å². The Morgan fingerprint density at radius 3 is 2.63 bits per heavy atom. The summed E-state index contributed by atoms with van der Waals surface area (Å²) in [5.41, 5.74) is 1.25. The minimum Gasteiger partial charge on any atom is -0.385 e. The van der Waals surface area contributed by atoms with Crippen LogP contribution in [0.3, 0.4) is 0 Å². The summed E-state index contributed by atoms with van der Waals surface area (Å²) in [6.45, 7) is 7.08. The highest BCUT2D eigenvalue weighted by Crippen LogP contribution is 2.44. The molecule has 0 spiro atoms. The molecule has 1 aliphatic rings. The molecule has 1 heterocycles. The van der Waals surface area contributed by atoms with Crippen LogP contribution in [-0.2, 0) is 9.47 Å². The Labute approximate surface area is 117 Å². The second-order valence-corrected chi connectivity index (χ2v) is 7.11. The van der Waals surface area contributed by atoms with Crippen molar-refractivity contribution in [1.29, 1.82) is 0 Å². The summed E-state index contributed by atoms with van der Waals surface area (Å²) in [6.07, 6.45) is 3.23. The van der Waals surface area contributed by atoms with Gasteiger partial charge in [0.15, 0.2) is 6.03 Å². The van der Waals surface area contributed by atoms with Crippen molar-refractivity contribution in [3.8, 4) is 0 Å². The van der Waals surface area contributed by atoms with Crippen LogP contribution >= 0.6 is 7.92 Å². The molecule has 0 saturated carbocycles. The maximum absolute atomic E-state index is 5.82. The van der Waals surface area contributed by atoms with Gasteiger partial charge in [0.2, 0.25) is 0 Å². The molecule has 106 valence electrons. The van der Waals surface area contributed by atoms with Crippen LogP contribution in [0.25, 0.3) is 0 Å². The average Bonchev–Trinajstić information content (AvgIpc) is 2.48. The first-order valence-electron chi connectivity index (χ1n) is 7.19. The van der Waals surface area contributed by atoms with Gasteiger partial charge in [-0.1, -0.05) is 32.0 Å². The largest absolute Gasteiger partial charge is 0.385 e. The molecule has 1 saturated heterocycles. The van der Waals surface area contributed by atoms with E-state index in [0.29, 0.717) is 0 Å². The van der Waals surface area contributed by atoms with Gasteiger partial charge in [0, 0.05) is 17.5 Å². The fraction of sp³-hybridized carbons (Fsp3) is 0.600. The number of hydrogen-bond acceptors (Lipinski definition) is 3. The number of anilines is 1. The lowest BCUT2D eigenvalue weighted by Crippen LogP contribution is -2.28. The van der Waals surface area contributed by atoms with Crippen molar-refractivity contribution < 1.29 is 9.47 Å². The van der Waals surface area contributed by atoms with Crippen LogP contribution < -0.4 is 10.6 Å². The van der Waals surface area contributed by atoms with Crippen molar-refractivity contribution in [2.24, 2.45) is 0 Å². The first-order valence-corrected chi connectivity index (χ1v) is 8.79. The van der Waals surface area contributed by atoms with Crippen LogP contribution in [0.5, 0.6) is 0 Å². The van der Waals surface area contributed by atoms with E-state index in [1.165, 1.54) is 11.0 Å². The van der Waals surface area contributed by atoms with Crippen molar-refractivity contribution in [2.45, 2.75) is 32.7 Å². The van der Waals surface area contributed by atoms with Gasteiger partial charge in [0.1, 0.15) is 0 Å². The third-order valence-corrected chi connectivity index (χ3v) is 5.68. The monoisotopic (exact) mass is 281 g/mol. The third-order valence-electron chi connectivity index (χ3n) is 3.18. The van der Waals surface area contributed by atoms with Crippen LogP contribution in [0.2, 0.25) is 0 Å². The smallest absolute Gasteiger partial charge is 0.180 e. The third kappa shape index (κ3) is 3.92. The first-order chi connectivity index (χ1) is 9.36. The van der Waals surface area contributed by atoms with E-state index in [-0.39, 0.29) is 6.03 Å². The van der Waals surface area contributed by atoms with E-state index in [9.17, 15) is 0 Å². The molecule has 0 amide bonds. The Hall–Kier alpha value is -0.630. The number of rotatable bonds is 6. The van der Waals surface area contributed by atoms with Crippen LogP contribution in [0.4, 0.5) is 5.69 Å². The topological polar surface area (TPSA) is 30.5 Å². The molecule has 1 aliphatic heterocycles. The number of para-hydroxylation sites is 1. The Morgan fingerprint density at radius 2 is 1.95 bits per heavy atom. The first kappa shape index (κ1) is 14.8. The van der Waals surface area contributed by atoms with Crippen molar-refractivity contribution in [1.82, 2.24) is 0 Å². The summed E-state index contributed by atoms with van der Waals surface area (Å²) in [5.74, 6) is 0. The van der Waals surface area contributed by atoms with Gasteiger partial charge in [-0.25, -0.2) is 0 Å². The zero-order valence-electron chi connectivity index (χ0n) is 11.9. The molecule has 1 N–H and O–H groups in total. The van der Waals surface area contributed by atoms with E-state index < -0.39 is 7.92 Å².